The van der Waals surface area contributed by atoms with Gasteiger partial charge in [0.05, 0.1) is 0 Å². The molecule has 102 valence electrons. The van der Waals surface area contributed by atoms with Crippen LogP contribution < -0.4 is 5.73 Å². The van der Waals surface area contributed by atoms with E-state index in [1.54, 1.807) is 0 Å². The molecule has 17 heavy (non-hydrogen) atoms. The Hall–Kier alpha value is 0.295. The summed E-state index contributed by atoms with van der Waals surface area (Å²) in [4.78, 5) is 0. The van der Waals surface area contributed by atoms with Crippen LogP contribution >= 0.6 is 11.8 Å². The molecule has 0 saturated heterocycles. The van der Waals surface area contributed by atoms with Gasteiger partial charge >= 0.3 is 7.12 Å². The van der Waals surface area contributed by atoms with Gasteiger partial charge in [-0.1, -0.05) is 26.7 Å². The van der Waals surface area contributed by atoms with Gasteiger partial charge in [0.1, 0.15) is 0 Å². The molecule has 0 fully saturated rings. The second-order valence-electron chi connectivity index (χ2n) is 4.07. The van der Waals surface area contributed by atoms with Crippen molar-refractivity contribution in [3.63, 3.8) is 0 Å². The van der Waals surface area contributed by atoms with E-state index in [1.165, 1.54) is 12.8 Å². The Bertz CT molecular complexity index is 142. The zero-order valence-electron chi connectivity index (χ0n) is 11.5. The summed E-state index contributed by atoms with van der Waals surface area (Å²) in [5.74, 6) is 2.09. The summed E-state index contributed by atoms with van der Waals surface area (Å²) in [6.07, 6.45) is 5.54. The zero-order valence-corrected chi connectivity index (χ0v) is 12.3. The number of rotatable bonds is 13. The van der Waals surface area contributed by atoms with Gasteiger partial charge in [-0.3, -0.25) is 0 Å². The van der Waals surface area contributed by atoms with Gasteiger partial charge in [0.2, 0.25) is 0 Å². The molecular weight excluding hydrogens is 233 g/mol. The Morgan fingerprint density at radius 2 is 1.59 bits per heavy atom. The van der Waals surface area contributed by atoms with Crippen LogP contribution in [-0.4, -0.2) is 38.4 Å². The number of hydrogen-bond acceptors (Lipinski definition) is 4. The molecule has 0 bridgehead atoms. The Labute approximate surface area is 111 Å². The van der Waals surface area contributed by atoms with Gasteiger partial charge < -0.3 is 15.0 Å². The summed E-state index contributed by atoms with van der Waals surface area (Å²) >= 11 is 1.87. The molecule has 0 heterocycles. The first-order valence-electron chi connectivity index (χ1n) is 6.86. The molecule has 0 aliphatic rings. The maximum absolute atomic E-state index is 5.74. The predicted molar refractivity (Wildman–Crippen MR) is 78.7 cm³/mol. The molecule has 3 nitrogen and oxygen atoms in total. The van der Waals surface area contributed by atoms with E-state index in [2.05, 4.69) is 13.8 Å². The minimum Gasteiger partial charge on any atom is -0.411 e. The molecule has 5 heteroatoms. The lowest BCUT2D eigenvalue weighted by Crippen LogP contribution is -2.25. The maximum atomic E-state index is 5.74. The SMILES string of the molecule is CCCCOB(CCSCCN)OCCCC. The monoisotopic (exact) mass is 261 g/mol. The normalized spacial score (nSPS) is 10.8. The molecule has 2 N–H and O–H groups in total. The summed E-state index contributed by atoms with van der Waals surface area (Å²) in [5.41, 5.74) is 5.46. The number of hydrogen-bond donors (Lipinski definition) is 1. The summed E-state index contributed by atoms with van der Waals surface area (Å²) in [7, 11) is -0.0154. The summed E-state index contributed by atoms with van der Waals surface area (Å²) in [5, 5.41) is 0. The highest BCUT2D eigenvalue weighted by Crippen LogP contribution is 2.08. The van der Waals surface area contributed by atoms with Crippen LogP contribution in [0, 0.1) is 0 Å². The summed E-state index contributed by atoms with van der Waals surface area (Å²) in [6, 6.07) is 0. The Morgan fingerprint density at radius 1 is 1.00 bits per heavy atom. The van der Waals surface area contributed by atoms with Crippen LogP contribution in [0.25, 0.3) is 0 Å². The largest absolute Gasteiger partial charge is 0.457 e. The number of thioether (sulfide) groups is 1. The number of unbranched alkanes of at least 4 members (excludes halogenated alkanes) is 2. The molecule has 0 aromatic rings. The molecule has 0 rings (SSSR count). The fourth-order valence-corrected chi connectivity index (χ4v) is 2.03. The number of nitrogens with two attached hydrogens (primary N) is 1. The highest BCUT2D eigenvalue weighted by Gasteiger charge is 2.17. The van der Waals surface area contributed by atoms with Gasteiger partial charge in [-0.25, -0.2) is 0 Å². The van der Waals surface area contributed by atoms with Crippen LogP contribution in [0.3, 0.4) is 0 Å². The highest BCUT2D eigenvalue weighted by molar-refractivity contribution is 7.99. The van der Waals surface area contributed by atoms with Crippen molar-refractivity contribution in [1.29, 1.82) is 0 Å². The first-order valence-corrected chi connectivity index (χ1v) is 8.01. The van der Waals surface area contributed by atoms with Crippen molar-refractivity contribution >= 4 is 18.9 Å². The third-order valence-electron chi connectivity index (χ3n) is 2.36. The second-order valence-corrected chi connectivity index (χ2v) is 5.29. The van der Waals surface area contributed by atoms with E-state index in [9.17, 15) is 0 Å². The van der Waals surface area contributed by atoms with E-state index in [4.69, 9.17) is 15.0 Å². The van der Waals surface area contributed by atoms with Gasteiger partial charge in [0.15, 0.2) is 0 Å². The summed E-state index contributed by atoms with van der Waals surface area (Å²) in [6.45, 7) is 6.73. The van der Waals surface area contributed by atoms with Gasteiger partial charge in [-0.15, -0.1) is 0 Å². The van der Waals surface area contributed by atoms with Crippen molar-refractivity contribution in [3.8, 4) is 0 Å². The molecule has 0 unspecified atom stereocenters. The van der Waals surface area contributed by atoms with E-state index >= 15 is 0 Å². The predicted octanol–water partition coefficient (Wildman–Crippen LogP) is 2.80. The lowest BCUT2D eigenvalue weighted by atomic mass is 9.85. The lowest BCUT2D eigenvalue weighted by molar-refractivity contribution is 0.192. The van der Waals surface area contributed by atoms with Gasteiger partial charge in [-0.05, 0) is 24.9 Å². The Morgan fingerprint density at radius 3 is 2.06 bits per heavy atom. The molecule has 0 aliphatic carbocycles. The third kappa shape index (κ3) is 12.5. The Balaban J connectivity index is 3.60. The third-order valence-corrected chi connectivity index (χ3v) is 3.41. The minimum atomic E-state index is -0.0154. The van der Waals surface area contributed by atoms with E-state index in [0.717, 1.165) is 50.4 Å². The van der Waals surface area contributed by atoms with Crippen molar-refractivity contribution in [3.05, 3.63) is 0 Å². The first-order chi connectivity index (χ1) is 8.35. The van der Waals surface area contributed by atoms with E-state index in [0.29, 0.717) is 0 Å². The van der Waals surface area contributed by atoms with E-state index in [1.807, 2.05) is 11.8 Å². The van der Waals surface area contributed by atoms with Crippen LogP contribution in [0.15, 0.2) is 0 Å². The van der Waals surface area contributed by atoms with Crippen molar-refractivity contribution in [2.75, 3.05) is 31.3 Å². The molecule has 0 spiro atoms. The summed E-state index contributed by atoms with van der Waals surface area (Å²) < 4.78 is 11.5. The molecule has 0 aliphatic heterocycles. The maximum Gasteiger partial charge on any atom is 0.457 e. The fraction of sp³-hybridized carbons (Fsp3) is 1.00. The van der Waals surface area contributed by atoms with Crippen molar-refractivity contribution in [2.24, 2.45) is 5.73 Å². The van der Waals surface area contributed by atoms with Crippen LogP contribution in [0.2, 0.25) is 6.32 Å². The zero-order chi connectivity index (χ0) is 12.8. The minimum absolute atomic E-state index is 0.0154. The first kappa shape index (κ1) is 17.3. The van der Waals surface area contributed by atoms with Crippen molar-refractivity contribution in [1.82, 2.24) is 0 Å². The molecule has 0 amide bonds. The van der Waals surface area contributed by atoms with Crippen LogP contribution in [0.5, 0.6) is 0 Å². The average Bonchev–Trinajstić information content (AvgIpc) is 2.34. The Kier molecular flexibility index (Phi) is 14.6. The molecule has 0 aromatic heterocycles. The molecule has 0 atom stereocenters. The van der Waals surface area contributed by atoms with Gasteiger partial charge in [0, 0.05) is 25.5 Å². The van der Waals surface area contributed by atoms with Crippen molar-refractivity contribution < 1.29 is 9.31 Å². The average molecular weight is 261 g/mol. The van der Waals surface area contributed by atoms with E-state index in [-0.39, 0.29) is 7.12 Å². The standard InChI is InChI=1S/C12H28BNO2S/c1-3-5-9-15-13(16-10-6-4-2)7-11-17-12-8-14/h3-12,14H2,1-2H3. The van der Waals surface area contributed by atoms with Gasteiger partial charge in [0.25, 0.3) is 0 Å². The lowest BCUT2D eigenvalue weighted by Gasteiger charge is -2.14. The van der Waals surface area contributed by atoms with Crippen molar-refractivity contribution in [2.45, 2.75) is 45.9 Å². The van der Waals surface area contributed by atoms with Crippen LogP contribution in [0.4, 0.5) is 0 Å². The highest BCUT2D eigenvalue weighted by atomic mass is 32.2. The van der Waals surface area contributed by atoms with Gasteiger partial charge in [-0.2, -0.15) is 11.8 Å². The molecular formula is C12H28BNO2S. The fourth-order valence-electron chi connectivity index (χ4n) is 1.30. The smallest absolute Gasteiger partial charge is 0.411 e. The second kappa shape index (κ2) is 14.4. The topological polar surface area (TPSA) is 44.5 Å². The quantitative estimate of drug-likeness (QED) is 0.409. The molecule has 0 saturated carbocycles. The van der Waals surface area contributed by atoms with Crippen LogP contribution in [-0.2, 0) is 9.31 Å². The molecule has 0 radical (unpaired) electrons. The van der Waals surface area contributed by atoms with E-state index < -0.39 is 0 Å². The molecule has 0 aromatic carbocycles. The van der Waals surface area contributed by atoms with Crippen LogP contribution in [0.1, 0.15) is 39.5 Å².